The number of carboxylic acids is 1. The minimum atomic E-state index is -0.921. The molecule has 1 aliphatic rings. The van der Waals surface area contributed by atoms with Crippen LogP contribution < -0.4 is 0 Å². The van der Waals surface area contributed by atoms with Crippen LogP contribution in [0.5, 0.6) is 0 Å². The van der Waals surface area contributed by atoms with Crippen molar-refractivity contribution in [1.29, 1.82) is 0 Å². The first kappa shape index (κ1) is 6.29. The molecule has 0 spiro atoms. The Kier molecular flexibility index (Phi) is 1.53. The first-order chi connectivity index (χ1) is 4.20. The fourth-order valence-corrected chi connectivity index (χ4v) is 0.720. The summed E-state index contributed by atoms with van der Waals surface area (Å²) in [4.78, 5) is 10.2. The van der Waals surface area contributed by atoms with Crippen LogP contribution in [0.1, 0.15) is 6.92 Å². The van der Waals surface area contributed by atoms with E-state index in [1.807, 2.05) is 0 Å². The zero-order chi connectivity index (χ0) is 6.85. The summed E-state index contributed by atoms with van der Waals surface area (Å²) in [6.45, 7) is 1.81. The highest BCUT2D eigenvalue weighted by Gasteiger charge is 2.21. The van der Waals surface area contributed by atoms with E-state index in [9.17, 15) is 4.79 Å². The molecular weight excluding hydrogens is 120 g/mol. The SMILES string of the molecule is CC1C=CC(C(=O)O)O1. The maximum Gasteiger partial charge on any atom is 0.336 e. The summed E-state index contributed by atoms with van der Waals surface area (Å²) in [7, 11) is 0. The van der Waals surface area contributed by atoms with Crippen LogP contribution in [0.3, 0.4) is 0 Å². The van der Waals surface area contributed by atoms with Crippen molar-refractivity contribution in [2.24, 2.45) is 0 Å². The molecule has 0 saturated heterocycles. The molecule has 0 aliphatic carbocycles. The Bertz CT molecular complexity index is 150. The molecule has 0 aromatic rings. The summed E-state index contributed by atoms with van der Waals surface area (Å²) in [6, 6.07) is 0. The van der Waals surface area contributed by atoms with Gasteiger partial charge in [-0.2, -0.15) is 0 Å². The Labute approximate surface area is 52.9 Å². The van der Waals surface area contributed by atoms with Crippen LogP contribution in [0.25, 0.3) is 0 Å². The highest BCUT2D eigenvalue weighted by Crippen LogP contribution is 2.09. The van der Waals surface area contributed by atoms with Crippen LogP contribution in [-0.2, 0) is 9.53 Å². The topological polar surface area (TPSA) is 46.5 Å². The lowest BCUT2D eigenvalue weighted by atomic mass is 10.3. The second-order valence-corrected chi connectivity index (χ2v) is 1.98. The maximum absolute atomic E-state index is 10.2. The number of hydrogen-bond donors (Lipinski definition) is 1. The number of ether oxygens (including phenoxy) is 1. The van der Waals surface area contributed by atoms with Gasteiger partial charge in [-0.15, -0.1) is 0 Å². The number of hydrogen-bond acceptors (Lipinski definition) is 2. The average molecular weight is 128 g/mol. The van der Waals surface area contributed by atoms with E-state index in [2.05, 4.69) is 0 Å². The van der Waals surface area contributed by atoms with E-state index in [1.165, 1.54) is 0 Å². The van der Waals surface area contributed by atoms with Crippen molar-refractivity contribution in [3.05, 3.63) is 12.2 Å². The van der Waals surface area contributed by atoms with Crippen LogP contribution in [0.4, 0.5) is 0 Å². The molecule has 0 aromatic heterocycles. The van der Waals surface area contributed by atoms with Gasteiger partial charge in [0, 0.05) is 0 Å². The molecule has 0 amide bonds. The molecule has 3 heteroatoms. The molecule has 2 unspecified atom stereocenters. The Balaban J connectivity index is 2.50. The van der Waals surface area contributed by atoms with Gasteiger partial charge in [0.25, 0.3) is 0 Å². The molecule has 1 N–H and O–H groups in total. The van der Waals surface area contributed by atoms with E-state index >= 15 is 0 Å². The van der Waals surface area contributed by atoms with E-state index in [0.29, 0.717) is 0 Å². The average Bonchev–Trinajstić information content (AvgIpc) is 2.14. The lowest BCUT2D eigenvalue weighted by Crippen LogP contribution is -2.19. The molecule has 0 fully saturated rings. The summed E-state index contributed by atoms with van der Waals surface area (Å²) in [5, 5.41) is 8.35. The number of carboxylic acid groups (broad SMARTS) is 1. The normalized spacial score (nSPS) is 33.0. The zero-order valence-electron chi connectivity index (χ0n) is 5.07. The molecule has 0 aromatic carbocycles. The van der Waals surface area contributed by atoms with Gasteiger partial charge in [0.05, 0.1) is 6.10 Å². The van der Waals surface area contributed by atoms with Gasteiger partial charge in [-0.25, -0.2) is 4.79 Å². The molecule has 3 nitrogen and oxygen atoms in total. The Hall–Kier alpha value is -0.830. The van der Waals surface area contributed by atoms with Crippen LogP contribution in [0.15, 0.2) is 12.2 Å². The second kappa shape index (κ2) is 2.19. The Morgan fingerprint density at radius 1 is 1.67 bits per heavy atom. The van der Waals surface area contributed by atoms with Gasteiger partial charge in [0.15, 0.2) is 6.10 Å². The van der Waals surface area contributed by atoms with Gasteiger partial charge in [0.1, 0.15) is 0 Å². The molecule has 0 radical (unpaired) electrons. The van der Waals surface area contributed by atoms with Gasteiger partial charge in [-0.1, -0.05) is 6.08 Å². The van der Waals surface area contributed by atoms with Gasteiger partial charge in [0.2, 0.25) is 0 Å². The lowest BCUT2D eigenvalue weighted by molar-refractivity contribution is -0.147. The van der Waals surface area contributed by atoms with Gasteiger partial charge in [-0.3, -0.25) is 0 Å². The van der Waals surface area contributed by atoms with Gasteiger partial charge >= 0.3 is 5.97 Å². The molecule has 1 rings (SSSR count). The Morgan fingerprint density at radius 3 is 2.56 bits per heavy atom. The van der Waals surface area contributed by atoms with E-state index < -0.39 is 12.1 Å². The van der Waals surface area contributed by atoms with E-state index in [-0.39, 0.29) is 6.10 Å². The summed E-state index contributed by atoms with van der Waals surface area (Å²) in [5.41, 5.74) is 0. The van der Waals surface area contributed by atoms with Crippen molar-refractivity contribution in [2.45, 2.75) is 19.1 Å². The van der Waals surface area contributed by atoms with Crippen molar-refractivity contribution in [3.8, 4) is 0 Å². The molecule has 0 bridgehead atoms. The number of aliphatic carboxylic acids is 1. The molecule has 1 heterocycles. The summed E-state index contributed by atoms with van der Waals surface area (Å²) in [5.74, 6) is -0.921. The zero-order valence-corrected chi connectivity index (χ0v) is 5.07. The fraction of sp³-hybridized carbons (Fsp3) is 0.500. The van der Waals surface area contributed by atoms with Gasteiger partial charge < -0.3 is 9.84 Å². The lowest BCUT2D eigenvalue weighted by Gasteiger charge is -2.03. The predicted molar refractivity (Wildman–Crippen MR) is 31.1 cm³/mol. The summed E-state index contributed by atoms with van der Waals surface area (Å²) in [6.07, 6.45) is 2.51. The molecular formula is C6H8O3. The van der Waals surface area contributed by atoms with Crippen LogP contribution in [-0.4, -0.2) is 23.3 Å². The van der Waals surface area contributed by atoms with Gasteiger partial charge in [-0.05, 0) is 13.0 Å². The highest BCUT2D eigenvalue weighted by molar-refractivity contribution is 5.75. The van der Waals surface area contributed by atoms with Crippen LogP contribution in [0, 0.1) is 0 Å². The molecule has 50 valence electrons. The van der Waals surface area contributed by atoms with E-state index in [0.717, 1.165) is 0 Å². The second-order valence-electron chi connectivity index (χ2n) is 1.98. The Morgan fingerprint density at radius 2 is 2.33 bits per heavy atom. The molecule has 1 aliphatic heterocycles. The van der Waals surface area contributed by atoms with Crippen molar-refractivity contribution in [2.75, 3.05) is 0 Å². The summed E-state index contributed by atoms with van der Waals surface area (Å²) >= 11 is 0. The third kappa shape index (κ3) is 1.29. The standard InChI is InChI=1S/C6H8O3/c1-4-2-3-5(9-4)6(7)8/h2-5H,1H3,(H,7,8). The molecule has 0 saturated carbocycles. The van der Waals surface area contributed by atoms with E-state index in [1.54, 1.807) is 19.1 Å². The number of rotatable bonds is 1. The van der Waals surface area contributed by atoms with Crippen molar-refractivity contribution >= 4 is 5.97 Å². The van der Waals surface area contributed by atoms with Crippen LogP contribution in [0.2, 0.25) is 0 Å². The minimum absolute atomic E-state index is 0.0499. The highest BCUT2D eigenvalue weighted by atomic mass is 16.5. The van der Waals surface area contributed by atoms with Crippen LogP contribution >= 0.6 is 0 Å². The third-order valence-electron chi connectivity index (χ3n) is 1.16. The largest absolute Gasteiger partial charge is 0.479 e. The van der Waals surface area contributed by atoms with E-state index in [4.69, 9.17) is 9.84 Å². The quantitative estimate of drug-likeness (QED) is 0.520. The van der Waals surface area contributed by atoms with Crippen molar-refractivity contribution in [3.63, 3.8) is 0 Å². The monoisotopic (exact) mass is 128 g/mol. The first-order valence-electron chi connectivity index (χ1n) is 2.77. The maximum atomic E-state index is 10.2. The van der Waals surface area contributed by atoms with Crippen molar-refractivity contribution < 1.29 is 14.6 Å². The number of carbonyl (C=O) groups is 1. The minimum Gasteiger partial charge on any atom is -0.479 e. The molecule has 9 heavy (non-hydrogen) atoms. The third-order valence-corrected chi connectivity index (χ3v) is 1.16. The summed E-state index contributed by atoms with van der Waals surface area (Å²) < 4.78 is 4.91. The molecule has 2 atom stereocenters. The van der Waals surface area contributed by atoms with Crippen molar-refractivity contribution in [1.82, 2.24) is 0 Å². The first-order valence-corrected chi connectivity index (χ1v) is 2.77. The smallest absolute Gasteiger partial charge is 0.336 e. The predicted octanol–water partition coefficient (Wildman–Crippen LogP) is 0.414. The fourth-order valence-electron chi connectivity index (χ4n) is 0.720.